The van der Waals surface area contributed by atoms with E-state index in [1.54, 1.807) is 18.3 Å². The number of hydrogen-bond donors (Lipinski definition) is 0. The van der Waals surface area contributed by atoms with Crippen LogP contribution in [0.3, 0.4) is 0 Å². The maximum atomic E-state index is 10.8. The van der Waals surface area contributed by atoms with E-state index >= 15 is 0 Å². The monoisotopic (exact) mass is 438 g/mol. The van der Waals surface area contributed by atoms with Gasteiger partial charge in [0.1, 0.15) is 5.56 Å². The zero-order chi connectivity index (χ0) is 18.6. The lowest BCUT2D eigenvalue weighted by Crippen LogP contribution is -2.33. The van der Waals surface area contributed by atoms with Gasteiger partial charge in [0, 0.05) is 29.3 Å². The quantitative estimate of drug-likeness (QED) is 0.254. The van der Waals surface area contributed by atoms with E-state index < -0.39 is 4.92 Å². The Kier molecular flexibility index (Phi) is 5.96. The van der Waals surface area contributed by atoms with Crippen molar-refractivity contribution in [2.45, 2.75) is 6.54 Å². The minimum atomic E-state index is -0.398. The molecule has 0 atom stereocenters. The number of halogens is 1. The van der Waals surface area contributed by atoms with Crippen molar-refractivity contribution in [3.05, 3.63) is 101 Å². The maximum Gasteiger partial charge on any atom is 0.269 e. The van der Waals surface area contributed by atoms with E-state index in [2.05, 4.69) is 4.98 Å². The van der Waals surface area contributed by atoms with Crippen LogP contribution in [-0.4, -0.2) is 9.91 Å². The topological polar surface area (TPSA) is 73.1 Å². The number of benzene rings is 2. The summed E-state index contributed by atoms with van der Waals surface area (Å²) in [6, 6.07) is 20.2. The van der Waals surface area contributed by atoms with E-state index in [1.807, 2.05) is 59.4 Å². The molecule has 140 valence electrons. The minimum Gasteiger partial charge on any atom is -0.436 e. The first-order valence-electron chi connectivity index (χ1n) is 8.43. The maximum absolute atomic E-state index is 10.8. The third-order valence-electron chi connectivity index (χ3n) is 4.18. The summed E-state index contributed by atoms with van der Waals surface area (Å²) >= 11 is 0. The highest BCUT2D eigenvalue weighted by Crippen LogP contribution is 2.25. The fraction of sp³-hybridized carbons (Fsp3) is 0.0476. The van der Waals surface area contributed by atoms with Crippen molar-refractivity contribution in [3.63, 3.8) is 0 Å². The van der Waals surface area contributed by atoms with Crippen LogP contribution in [0.1, 0.15) is 5.56 Å². The van der Waals surface area contributed by atoms with Gasteiger partial charge < -0.3 is 4.42 Å². The molecule has 0 amide bonds. The molecule has 0 radical (unpaired) electrons. The molecule has 2 heterocycles. The summed E-state index contributed by atoms with van der Waals surface area (Å²) in [7, 11) is 0. The van der Waals surface area contributed by atoms with Gasteiger partial charge in [0.15, 0.2) is 24.7 Å². The van der Waals surface area contributed by atoms with Gasteiger partial charge in [-0.2, -0.15) is 4.57 Å². The van der Waals surface area contributed by atoms with E-state index in [0.717, 1.165) is 22.5 Å². The predicted octanol–water partition coefficient (Wildman–Crippen LogP) is 4.83. The summed E-state index contributed by atoms with van der Waals surface area (Å²) in [5, 5.41) is 10.8. The Balaban J connectivity index is 0.00000225. The normalized spacial score (nSPS) is 10.3. The third kappa shape index (κ3) is 4.32. The lowest BCUT2D eigenvalue weighted by atomic mass is 10.2. The van der Waals surface area contributed by atoms with Crippen LogP contribution in [-0.2, 0) is 6.54 Å². The predicted molar refractivity (Wildman–Crippen MR) is 110 cm³/mol. The number of nitrogens with zero attached hydrogens (tertiary/aromatic N) is 3. The number of hydrogen-bond acceptors (Lipinski definition) is 4. The first-order chi connectivity index (χ1) is 13.2. The van der Waals surface area contributed by atoms with Gasteiger partial charge in [-0.1, -0.05) is 30.3 Å². The van der Waals surface area contributed by atoms with Crippen molar-refractivity contribution in [1.82, 2.24) is 4.98 Å². The highest BCUT2D eigenvalue weighted by Gasteiger charge is 2.13. The van der Waals surface area contributed by atoms with Crippen LogP contribution >= 0.6 is 17.0 Å². The Morgan fingerprint density at radius 3 is 2.39 bits per heavy atom. The molecular formula is C21H17BrN3O3+. The molecule has 0 aliphatic heterocycles. The zero-order valence-corrected chi connectivity index (χ0v) is 16.5. The number of nitro benzene ring substituents is 1. The number of nitro groups is 1. The lowest BCUT2D eigenvalue weighted by molar-refractivity contribution is -0.687. The first-order valence-corrected chi connectivity index (χ1v) is 8.43. The number of pyridine rings is 1. The second kappa shape index (κ2) is 8.58. The Labute approximate surface area is 172 Å². The van der Waals surface area contributed by atoms with E-state index in [-0.39, 0.29) is 22.7 Å². The lowest BCUT2D eigenvalue weighted by Gasteiger charge is -2.00. The molecule has 0 saturated carbocycles. The summed E-state index contributed by atoms with van der Waals surface area (Å²) in [5.41, 5.74) is 2.90. The first kappa shape index (κ1) is 19.4. The molecular weight excluding hydrogens is 422 g/mol. The average molecular weight is 439 g/mol. The van der Waals surface area contributed by atoms with Crippen molar-refractivity contribution in [2.75, 3.05) is 0 Å². The molecule has 0 aliphatic carbocycles. The largest absolute Gasteiger partial charge is 0.436 e. The Hall–Kier alpha value is -3.32. The van der Waals surface area contributed by atoms with Gasteiger partial charge >= 0.3 is 0 Å². The van der Waals surface area contributed by atoms with Crippen LogP contribution in [0.25, 0.3) is 22.8 Å². The summed E-state index contributed by atoms with van der Waals surface area (Å²) < 4.78 is 7.89. The molecule has 0 saturated heterocycles. The number of non-ortho nitro benzene ring substituents is 1. The van der Waals surface area contributed by atoms with Crippen LogP contribution < -0.4 is 4.57 Å². The smallest absolute Gasteiger partial charge is 0.269 e. The summed E-state index contributed by atoms with van der Waals surface area (Å²) in [4.78, 5) is 14.7. The van der Waals surface area contributed by atoms with Gasteiger partial charge in [0.05, 0.1) is 11.1 Å². The third-order valence-corrected chi connectivity index (χ3v) is 4.18. The fourth-order valence-electron chi connectivity index (χ4n) is 2.82. The molecule has 0 spiro atoms. The standard InChI is InChI=1S/C21H16N3O3.BrH/c25-24(26)19-10-8-16(9-11-19)14-23-12-4-7-18(15-23)21-22-13-20(27-21)17-5-2-1-3-6-17;/h1-13,15H,14H2;1H/q+1;. The average Bonchev–Trinajstić information content (AvgIpc) is 3.20. The van der Waals surface area contributed by atoms with Gasteiger partial charge in [-0.05, 0) is 18.2 Å². The fourth-order valence-corrected chi connectivity index (χ4v) is 2.82. The van der Waals surface area contributed by atoms with Crippen LogP contribution in [0, 0.1) is 10.1 Å². The highest BCUT2D eigenvalue weighted by molar-refractivity contribution is 8.93. The van der Waals surface area contributed by atoms with E-state index in [1.165, 1.54) is 12.1 Å². The summed E-state index contributed by atoms with van der Waals surface area (Å²) in [6.45, 7) is 0.595. The van der Waals surface area contributed by atoms with E-state index in [4.69, 9.17) is 4.42 Å². The SMILES string of the molecule is Br.O=[N+]([O-])c1ccc(C[n+]2cccc(-c3ncc(-c4ccccc4)o3)c2)cc1. The van der Waals surface area contributed by atoms with Crippen molar-refractivity contribution in [2.24, 2.45) is 0 Å². The summed E-state index contributed by atoms with van der Waals surface area (Å²) in [5.74, 6) is 1.27. The molecule has 4 aromatic rings. The van der Waals surface area contributed by atoms with Crippen LogP contribution in [0.4, 0.5) is 5.69 Å². The molecule has 0 aliphatic rings. The minimum absolute atomic E-state index is 0. The molecule has 0 unspecified atom stereocenters. The molecule has 0 N–H and O–H groups in total. The summed E-state index contributed by atoms with van der Waals surface area (Å²) in [6.07, 6.45) is 5.60. The van der Waals surface area contributed by atoms with Crippen molar-refractivity contribution >= 4 is 22.7 Å². The van der Waals surface area contributed by atoms with Gasteiger partial charge in [0.25, 0.3) is 5.69 Å². The van der Waals surface area contributed by atoms with Crippen LogP contribution in [0.5, 0.6) is 0 Å². The van der Waals surface area contributed by atoms with Gasteiger partial charge in [0.2, 0.25) is 5.89 Å². The highest BCUT2D eigenvalue weighted by atomic mass is 79.9. The second-order valence-corrected chi connectivity index (χ2v) is 6.08. The van der Waals surface area contributed by atoms with Gasteiger partial charge in [-0.3, -0.25) is 10.1 Å². The zero-order valence-electron chi connectivity index (χ0n) is 14.8. The molecule has 4 rings (SSSR count). The molecule has 2 aromatic carbocycles. The van der Waals surface area contributed by atoms with Crippen LogP contribution in [0.15, 0.2) is 89.7 Å². The van der Waals surface area contributed by atoms with Crippen molar-refractivity contribution in [1.29, 1.82) is 0 Å². The van der Waals surface area contributed by atoms with Crippen LogP contribution in [0.2, 0.25) is 0 Å². The molecule has 0 bridgehead atoms. The Morgan fingerprint density at radius 1 is 0.964 bits per heavy atom. The molecule has 2 aromatic heterocycles. The van der Waals surface area contributed by atoms with Crippen molar-refractivity contribution < 1.29 is 13.9 Å². The van der Waals surface area contributed by atoms with Gasteiger partial charge in [-0.15, -0.1) is 17.0 Å². The van der Waals surface area contributed by atoms with E-state index in [0.29, 0.717) is 12.4 Å². The van der Waals surface area contributed by atoms with E-state index in [9.17, 15) is 10.1 Å². The van der Waals surface area contributed by atoms with Crippen molar-refractivity contribution in [3.8, 4) is 22.8 Å². The molecule has 6 nitrogen and oxygen atoms in total. The molecule has 28 heavy (non-hydrogen) atoms. The number of rotatable bonds is 5. The Morgan fingerprint density at radius 2 is 1.68 bits per heavy atom. The molecule has 7 heteroatoms. The number of oxazole rings is 1. The number of aromatic nitrogens is 2. The second-order valence-electron chi connectivity index (χ2n) is 6.08. The van der Waals surface area contributed by atoms with Gasteiger partial charge in [-0.25, -0.2) is 4.98 Å². The Bertz CT molecular complexity index is 1080. The molecule has 0 fully saturated rings.